The minimum atomic E-state index is -0.366. The zero-order valence-corrected chi connectivity index (χ0v) is 10.5. The van der Waals surface area contributed by atoms with Crippen molar-refractivity contribution in [3.63, 3.8) is 0 Å². The lowest BCUT2D eigenvalue weighted by Crippen LogP contribution is -1.89. The number of hydrogen-bond acceptors (Lipinski definition) is 2. The number of nitrogen functional groups attached to an aromatic ring is 1. The Labute approximate surface area is 99.9 Å². The van der Waals surface area contributed by atoms with Crippen LogP contribution in [0.5, 0.6) is 0 Å². The second-order valence-electron chi connectivity index (χ2n) is 3.30. The first-order chi connectivity index (χ1) is 7.08. The predicted octanol–water partition coefficient (Wildman–Crippen LogP) is 4.21. The Morgan fingerprint density at radius 3 is 2.60 bits per heavy atom. The van der Waals surface area contributed by atoms with Crippen molar-refractivity contribution in [3.8, 4) is 10.4 Å². The van der Waals surface area contributed by atoms with Gasteiger partial charge in [-0.1, -0.05) is 6.07 Å². The molecule has 1 heterocycles. The number of halogens is 2. The van der Waals surface area contributed by atoms with Crippen LogP contribution >= 0.6 is 27.3 Å². The molecule has 0 fully saturated rings. The van der Waals surface area contributed by atoms with E-state index in [0.717, 1.165) is 19.8 Å². The highest BCUT2D eigenvalue weighted by molar-refractivity contribution is 9.11. The van der Waals surface area contributed by atoms with Crippen LogP contribution < -0.4 is 5.73 Å². The molecule has 2 rings (SSSR count). The summed E-state index contributed by atoms with van der Waals surface area (Å²) in [5.74, 6) is -0.366. The van der Waals surface area contributed by atoms with Crippen LogP contribution in [0.4, 0.5) is 10.1 Å². The molecule has 2 N–H and O–H groups in total. The van der Waals surface area contributed by atoms with Crippen LogP contribution in [0.25, 0.3) is 10.4 Å². The molecule has 0 spiro atoms. The van der Waals surface area contributed by atoms with Gasteiger partial charge in [0.15, 0.2) is 0 Å². The first-order valence-electron chi connectivity index (χ1n) is 4.39. The number of hydrogen-bond donors (Lipinski definition) is 1. The molecule has 0 aliphatic rings. The SMILES string of the molecule is Cc1cc(-c2ccc(N)c(F)c2)sc1Br. The largest absolute Gasteiger partial charge is 0.396 e. The third-order valence-electron chi connectivity index (χ3n) is 2.14. The van der Waals surface area contributed by atoms with Gasteiger partial charge in [0.25, 0.3) is 0 Å². The average Bonchev–Trinajstić information content (AvgIpc) is 2.52. The maximum absolute atomic E-state index is 13.2. The highest BCUT2D eigenvalue weighted by Gasteiger charge is 2.07. The van der Waals surface area contributed by atoms with E-state index in [-0.39, 0.29) is 11.5 Å². The summed E-state index contributed by atoms with van der Waals surface area (Å²) < 4.78 is 14.3. The summed E-state index contributed by atoms with van der Waals surface area (Å²) in [5.41, 5.74) is 7.63. The molecule has 0 bridgehead atoms. The molecule has 1 aromatic carbocycles. The van der Waals surface area contributed by atoms with Crippen molar-refractivity contribution < 1.29 is 4.39 Å². The van der Waals surface area contributed by atoms with Crippen LogP contribution in [0.1, 0.15) is 5.56 Å². The van der Waals surface area contributed by atoms with Gasteiger partial charge in [-0.3, -0.25) is 0 Å². The van der Waals surface area contributed by atoms with Gasteiger partial charge in [0.05, 0.1) is 9.47 Å². The van der Waals surface area contributed by atoms with Crippen molar-refractivity contribution >= 4 is 33.0 Å². The summed E-state index contributed by atoms with van der Waals surface area (Å²) in [6.07, 6.45) is 0. The fourth-order valence-electron chi connectivity index (χ4n) is 1.28. The van der Waals surface area contributed by atoms with Gasteiger partial charge in [-0.15, -0.1) is 11.3 Å². The van der Waals surface area contributed by atoms with Crippen LogP contribution in [0, 0.1) is 12.7 Å². The Bertz CT molecular complexity index is 488. The first-order valence-corrected chi connectivity index (χ1v) is 6.00. The van der Waals surface area contributed by atoms with E-state index in [1.807, 2.05) is 19.1 Å². The molecule has 0 saturated carbocycles. The number of anilines is 1. The van der Waals surface area contributed by atoms with Gasteiger partial charge in [-0.2, -0.15) is 0 Å². The molecule has 0 saturated heterocycles. The molecule has 2 aromatic rings. The second kappa shape index (κ2) is 3.94. The van der Waals surface area contributed by atoms with Gasteiger partial charge >= 0.3 is 0 Å². The third-order valence-corrected chi connectivity index (χ3v) is 4.33. The monoisotopic (exact) mass is 285 g/mol. The summed E-state index contributed by atoms with van der Waals surface area (Å²) in [5, 5.41) is 0. The first kappa shape index (κ1) is 10.6. The van der Waals surface area contributed by atoms with Gasteiger partial charge in [0.2, 0.25) is 0 Å². The van der Waals surface area contributed by atoms with E-state index in [1.54, 1.807) is 17.4 Å². The van der Waals surface area contributed by atoms with E-state index < -0.39 is 0 Å². The summed E-state index contributed by atoms with van der Waals surface area (Å²) >= 11 is 5.04. The van der Waals surface area contributed by atoms with E-state index in [2.05, 4.69) is 15.9 Å². The third kappa shape index (κ3) is 2.06. The van der Waals surface area contributed by atoms with Gasteiger partial charge in [-0.25, -0.2) is 4.39 Å². The Kier molecular flexibility index (Phi) is 2.80. The summed E-state index contributed by atoms with van der Waals surface area (Å²) in [6.45, 7) is 2.01. The van der Waals surface area contributed by atoms with Crippen molar-refractivity contribution in [2.45, 2.75) is 6.92 Å². The average molecular weight is 286 g/mol. The van der Waals surface area contributed by atoms with Gasteiger partial charge in [-0.05, 0) is 52.2 Å². The smallest absolute Gasteiger partial charge is 0.146 e. The Balaban J connectivity index is 2.49. The zero-order chi connectivity index (χ0) is 11.0. The molecule has 0 amide bonds. The summed E-state index contributed by atoms with van der Waals surface area (Å²) in [4.78, 5) is 1.04. The van der Waals surface area contributed by atoms with E-state index in [1.165, 1.54) is 6.07 Å². The molecule has 4 heteroatoms. The molecule has 78 valence electrons. The fourth-order valence-corrected chi connectivity index (χ4v) is 2.81. The van der Waals surface area contributed by atoms with Crippen LogP contribution in [-0.2, 0) is 0 Å². The van der Waals surface area contributed by atoms with Crippen LogP contribution in [0.15, 0.2) is 28.1 Å². The van der Waals surface area contributed by atoms with Crippen LogP contribution in [0.2, 0.25) is 0 Å². The minimum Gasteiger partial charge on any atom is -0.396 e. The molecule has 15 heavy (non-hydrogen) atoms. The highest BCUT2D eigenvalue weighted by atomic mass is 79.9. The maximum atomic E-state index is 13.2. The molecule has 0 unspecified atom stereocenters. The standard InChI is InChI=1S/C11H9BrFNS/c1-6-4-10(15-11(6)12)7-2-3-9(14)8(13)5-7/h2-5H,14H2,1H3. The zero-order valence-electron chi connectivity index (χ0n) is 8.05. The van der Waals surface area contributed by atoms with Crippen molar-refractivity contribution in [1.82, 2.24) is 0 Å². The molecule has 0 radical (unpaired) electrons. The molecule has 0 atom stereocenters. The van der Waals surface area contributed by atoms with Crippen molar-refractivity contribution in [3.05, 3.63) is 39.4 Å². The lowest BCUT2D eigenvalue weighted by Gasteiger charge is -1.99. The van der Waals surface area contributed by atoms with Crippen molar-refractivity contribution in [2.75, 3.05) is 5.73 Å². The van der Waals surface area contributed by atoms with Crippen molar-refractivity contribution in [2.24, 2.45) is 0 Å². The van der Waals surface area contributed by atoms with E-state index in [4.69, 9.17) is 5.73 Å². The molecule has 0 aliphatic carbocycles. The number of benzene rings is 1. The Hall–Kier alpha value is -0.870. The lowest BCUT2D eigenvalue weighted by molar-refractivity contribution is 0.633. The fraction of sp³-hybridized carbons (Fsp3) is 0.0909. The molecular formula is C11H9BrFNS. The number of nitrogens with two attached hydrogens (primary N) is 1. The Morgan fingerprint density at radius 2 is 2.07 bits per heavy atom. The normalized spacial score (nSPS) is 10.6. The Morgan fingerprint density at radius 1 is 1.33 bits per heavy atom. The van der Waals surface area contributed by atoms with E-state index >= 15 is 0 Å². The predicted molar refractivity (Wildman–Crippen MR) is 66.6 cm³/mol. The quantitative estimate of drug-likeness (QED) is 0.781. The van der Waals surface area contributed by atoms with Crippen molar-refractivity contribution in [1.29, 1.82) is 0 Å². The molecular weight excluding hydrogens is 277 g/mol. The molecule has 1 aromatic heterocycles. The van der Waals surface area contributed by atoms with E-state index in [9.17, 15) is 4.39 Å². The van der Waals surface area contributed by atoms with Gasteiger partial charge in [0.1, 0.15) is 5.82 Å². The lowest BCUT2D eigenvalue weighted by atomic mass is 10.1. The number of thiophene rings is 1. The number of aryl methyl sites for hydroxylation is 1. The van der Waals surface area contributed by atoms with Gasteiger partial charge in [0, 0.05) is 4.88 Å². The van der Waals surface area contributed by atoms with E-state index in [0.29, 0.717) is 0 Å². The van der Waals surface area contributed by atoms with Gasteiger partial charge < -0.3 is 5.73 Å². The highest BCUT2D eigenvalue weighted by Crippen LogP contribution is 2.35. The van der Waals surface area contributed by atoms with Crippen LogP contribution in [-0.4, -0.2) is 0 Å². The topological polar surface area (TPSA) is 26.0 Å². The number of rotatable bonds is 1. The van der Waals surface area contributed by atoms with Crippen LogP contribution in [0.3, 0.4) is 0 Å². The molecule has 1 nitrogen and oxygen atoms in total. The summed E-state index contributed by atoms with van der Waals surface area (Å²) in [6, 6.07) is 6.91. The summed E-state index contributed by atoms with van der Waals surface area (Å²) in [7, 11) is 0. The molecule has 0 aliphatic heterocycles. The maximum Gasteiger partial charge on any atom is 0.146 e. The second-order valence-corrected chi connectivity index (χ2v) is 5.67. The minimum absolute atomic E-state index is 0.186.